The zero-order valence-corrected chi connectivity index (χ0v) is 11.8. The maximum Gasteiger partial charge on any atom is 0.123 e. The molecule has 1 saturated heterocycles. The molecule has 3 nitrogen and oxygen atoms in total. The monoisotopic (exact) mass is 266 g/mol. The SMILES string of the molecule is CCN1CCOC(CNCc2ccc(F)cc2C)C1. The Balaban J connectivity index is 1.76. The molecule has 1 N–H and O–H groups in total. The minimum absolute atomic E-state index is 0.171. The van der Waals surface area contributed by atoms with Crippen molar-refractivity contribution < 1.29 is 9.13 Å². The lowest BCUT2D eigenvalue weighted by atomic mass is 10.1. The van der Waals surface area contributed by atoms with Crippen LogP contribution < -0.4 is 5.32 Å². The molecule has 0 aliphatic carbocycles. The zero-order chi connectivity index (χ0) is 13.7. The van der Waals surface area contributed by atoms with Crippen LogP contribution in [0.15, 0.2) is 18.2 Å². The van der Waals surface area contributed by atoms with E-state index in [1.165, 1.54) is 6.07 Å². The van der Waals surface area contributed by atoms with E-state index in [2.05, 4.69) is 17.1 Å². The van der Waals surface area contributed by atoms with Gasteiger partial charge in [0.15, 0.2) is 0 Å². The summed E-state index contributed by atoms with van der Waals surface area (Å²) in [7, 11) is 0. The van der Waals surface area contributed by atoms with Crippen LogP contribution >= 0.6 is 0 Å². The maximum absolute atomic E-state index is 13.0. The molecule has 1 unspecified atom stereocenters. The van der Waals surface area contributed by atoms with Crippen molar-refractivity contribution >= 4 is 0 Å². The molecule has 0 saturated carbocycles. The van der Waals surface area contributed by atoms with E-state index in [0.717, 1.165) is 50.5 Å². The van der Waals surface area contributed by atoms with Crippen molar-refractivity contribution in [3.63, 3.8) is 0 Å². The number of nitrogens with zero attached hydrogens (tertiary/aromatic N) is 1. The van der Waals surface area contributed by atoms with E-state index >= 15 is 0 Å². The van der Waals surface area contributed by atoms with Gasteiger partial charge in [-0.15, -0.1) is 0 Å². The van der Waals surface area contributed by atoms with E-state index in [4.69, 9.17) is 4.74 Å². The highest BCUT2D eigenvalue weighted by atomic mass is 19.1. The minimum atomic E-state index is -0.171. The summed E-state index contributed by atoms with van der Waals surface area (Å²) in [5.74, 6) is -0.171. The molecule has 0 radical (unpaired) electrons. The Morgan fingerprint density at radius 2 is 2.32 bits per heavy atom. The number of morpholine rings is 1. The average Bonchev–Trinajstić information content (AvgIpc) is 2.41. The van der Waals surface area contributed by atoms with Crippen molar-refractivity contribution in [2.45, 2.75) is 26.5 Å². The fourth-order valence-corrected chi connectivity index (χ4v) is 2.42. The number of hydrogen-bond acceptors (Lipinski definition) is 3. The third kappa shape index (κ3) is 4.27. The first kappa shape index (κ1) is 14.4. The highest BCUT2D eigenvalue weighted by Gasteiger charge is 2.18. The van der Waals surface area contributed by atoms with Gasteiger partial charge in [0.25, 0.3) is 0 Å². The Morgan fingerprint density at radius 3 is 3.05 bits per heavy atom. The second kappa shape index (κ2) is 6.98. The number of benzene rings is 1. The van der Waals surface area contributed by atoms with Gasteiger partial charge in [0.2, 0.25) is 0 Å². The van der Waals surface area contributed by atoms with Gasteiger partial charge in [-0.3, -0.25) is 4.90 Å². The van der Waals surface area contributed by atoms with Gasteiger partial charge in [-0.05, 0) is 36.7 Å². The van der Waals surface area contributed by atoms with E-state index in [0.29, 0.717) is 0 Å². The van der Waals surface area contributed by atoms with Crippen molar-refractivity contribution in [2.24, 2.45) is 0 Å². The standard InChI is InChI=1S/C15H23FN2O/c1-3-18-6-7-19-15(11-18)10-17-9-13-4-5-14(16)8-12(13)2/h4-5,8,15,17H,3,6-7,9-11H2,1-2H3. The van der Waals surface area contributed by atoms with Gasteiger partial charge in [0, 0.05) is 26.2 Å². The Labute approximate surface area is 114 Å². The van der Waals surface area contributed by atoms with Crippen LogP contribution in [0.2, 0.25) is 0 Å². The highest BCUT2D eigenvalue weighted by molar-refractivity contribution is 5.26. The molecule has 1 atom stereocenters. The summed E-state index contributed by atoms with van der Waals surface area (Å²) in [5.41, 5.74) is 2.14. The first-order valence-corrected chi connectivity index (χ1v) is 6.98. The summed E-state index contributed by atoms with van der Waals surface area (Å²) >= 11 is 0. The van der Waals surface area contributed by atoms with E-state index in [1.54, 1.807) is 6.07 Å². The van der Waals surface area contributed by atoms with E-state index < -0.39 is 0 Å². The van der Waals surface area contributed by atoms with Crippen LogP contribution in [0.4, 0.5) is 4.39 Å². The summed E-state index contributed by atoms with van der Waals surface area (Å²) in [6, 6.07) is 4.94. The van der Waals surface area contributed by atoms with Gasteiger partial charge in [0.1, 0.15) is 5.82 Å². The second-order valence-electron chi connectivity index (χ2n) is 5.09. The van der Waals surface area contributed by atoms with Crippen LogP contribution in [-0.2, 0) is 11.3 Å². The van der Waals surface area contributed by atoms with Gasteiger partial charge < -0.3 is 10.1 Å². The van der Waals surface area contributed by atoms with Gasteiger partial charge in [-0.2, -0.15) is 0 Å². The van der Waals surface area contributed by atoms with Crippen molar-refractivity contribution in [1.29, 1.82) is 0 Å². The molecule has 1 aromatic rings. The van der Waals surface area contributed by atoms with Crippen LogP contribution in [0.5, 0.6) is 0 Å². The fraction of sp³-hybridized carbons (Fsp3) is 0.600. The molecule has 106 valence electrons. The number of likely N-dealkylation sites (N-methyl/N-ethyl adjacent to an activating group) is 1. The molecule has 1 aromatic carbocycles. The Hall–Kier alpha value is -0.970. The molecule has 19 heavy (non-hydrogen) atoms. The van der Waals surface area contributed by atoms with Gasteiger partial charge in [0.05, 0.1) is 12.7 Å². The normalized spacial score (nSPS) is 20.7. The lowest BCUT2D eigenvalue weighted by Crippen LogP contribution is -2.46. The van der Waals surface area contributed by atoms with Crippen molar-refractivity contribution in [1.82, 2.24) is 10.2 Å². The molecular weight excluding hydrogens is 243 g/mol. The number of hydrogen-bond donors (Lipinski definition) is 1. The molecule has 1 fully saturated rings. The molecule has 2 rings (SSSR count). The topological polar surface area (TPSA) is 24.5 Å². The zero-order valence-electron chi connectivity index (χ0n) is 11.8. The van der Waals surface area contributed by atoms with Crippen LogP contribution in [0.25, 0.3) is 0 Å². The van der Waals surface area contributed by atoms with Crippen LogP contribution in [0.1, 0.15) is 18.1 Å². The molecule has 1 heterocycles. The lowest BCUT2D eigenvalue weighted by molar-refractivity contribution is -0.0253. The molecule has 1 aliphatic heterocycles. The number of nitrogens with one attached hydrogen (secondary N) is 1. The molecule has 0 amide bonds. The van der Waals surface area contributed by atoms with Crippen molar-refractivity contribution in [2.75, 3.05) is 32.8 Å². The number of halogens is 1. The molecular formula is C15H23FN2O. The highest BCUT2D eigenvalue weighted by Crippen LogP contribution is 2.10. The third-order valence-corrected chi connectivity index (χ3v) is 3.66. The number of ether oxygens (including phenoxy) is 1. The number of rotatable bonds is 5. The first-order valence-electron chi connectivity index (χ1n) is 6.98. The smallest absolute Gasteiger partial charge is 0.123 e. The number of aryl methyl sites for hydroxylation is 1. The Bertz CT molecular complexity index is 411. The molecule has 0 spiro atoms. The maximum atomic E-state index is 13.0. The van der Waals surface area contributed by atoms with Crippen LogP contribution in [-0.4, -0.2) is 43.8 Å². The second-order valence-corrected chi connectivity index (χ2v) is 5.09. The molecule has 1 aliphatic rings. The predicted octanol–water partition coefficient (Wildman–Crippen LogP) is 1.94. The predicted molar refractivity (Wildman–Crippen MR) is 74.7 cm³/mol. The van der Waals surface area contributed by atoms with Crippen LogP contribution in [0, 0.1) is 12.7 Å². The Kier molecular flexibility index (Phi) is 5.31. The summed E-state index contributed by atoms with van der Waals surface area (Å²) in [6.07, 6.45) is 0.259. The van der Waals surface area contributed by atoms with Crippen molar-refractivity contribution in [3.8, 4) is 0 Å². The van der Waals surface area contributed by atoms with E-state index in [9.17, 15) is 4.39 Å². The largest absolute Gasteiger partial charge is 0.374 e. The lowest BCUT2D eigenvalue weighted by Gasteiger charge is -2.32. The molecule has 0 aromatic heterocycles. The van der Waals surface area contributed by atoms with Gasteiger partial charge in [-0.1, -0.05) is 13.0 Å². The average molecular weight is 266 g/mol. The quantitative estimate of drug-likeness (QED) is 0.881. The summed E-state index contributed by atoms with van der Waals surface area (Å²) in [4.78, 5) is 2.40. The van der Waals surface area contributed by atoms with Crippen molar-refractivity contribution in [3.05, 3.63) is 35.1 Å². The third-order valence-electron chi connectivity index (χ3n) is 3.66. The van der Waals surface area contributed by atoms with E-state index in [-0.39, 0.29) is 11.9 Å². The summed E-state index contributed by atoms with van der Waals surface area (Å²) < 4.78 is 18.7. The fourth-order valence-electron chi connectivity index (χ4n) is 2.42. The van der Waals surface area contributed by atoms with E-state index in [1.807, 2.05) is 13.0 Å². The molecule has 0 bridgehead atoms. The Morgan fingerprint density at radius 1 is 1.47 bits per heavy atom. The first-order chi connectivity index (χ1) is 9.19. The molecule has 4 heteroatoms. The van der Waals surface area contributed by atoms with Crippen LogP contribution in [0.3, 0.4) is 0 Å². The van der Waals surface area contributed by atoms with Gasteiger partial charge in [-0.25, -0.2) is 4.39 Å². The minimum Gasteiger partial charge on any atom is -0.374 e. The van der Waals surface area contributed by atoms with Gasteiger partial charge >= 0.3 is 0 Å². The summed E-state index contributed by atoms with van der Waals surface area (Å²) in [5, 5.41) is 3.40. The summed E-state index contributed by atoms with van der Waals surface area (Å²) in [6.45, 7) is 9.64.